The molecular weight excluding hydrogens is 202 g/mol. The average molecular weight is 219 g/mol. The van der Waals surface area contributed by atoms with Crippen LogP contribution in [-0.2, 0) is 14.0 Å². The Kier molecular flexibility index (Phi) is 8.35. The van der Waals surface area contributed by atoms with Gasteiger partial charge in [-0.1, -0.05) is 0 Å². The summed E-state index contributed by atoms with van der Waals surface area (Å²) < 4.78 is 21.5. The van der Waals surface area contributed by atoms with Gasteiger partial charge in [-0.2, -0.15) is 0 Å². The van der Waals surface area contributed by atoms with E-state index in [1.807, 2.05) is 0 Å². The summed E-state index contributed by atoms with van der Waals surface area (Å²) in [5.74, 6) is 0. The van der Waals surface area contributed by atoms with Crippen LogP contribution < -0.4 is 0 Å². The molecule has 0 aliphatic carbocycles. The molecular formula is C7H17NaO4P. The van der Waals surface area contributed by atoms with Crippen LogP contribution in [0.3, 0.4) is 0 Å². The minimum Gasteiger partial charge on any atom is -0.342 e. The molecule has 1 N–H and O–H groups in total. The summed E-state index contributed by atoms with van der Waals surface area (Å²) in [4.78, 5) is 9.30. The molecule has 0 aliphatic rings. The third-order valence-corrected chi connectivity index (χ3v) is 3.34. The van der Waals surface area contributed by atoms with Crippen molar-refractivity contribution >= 4 is 36.9 Å². The monoisotopic (exact) mass is 219 g/mol. The molecule has 0 amide bonds. The van der Waals surface area contributed by atoms with Crippen molar-refractivity contribution < 1.29 is 18.9 Å². The maximum Gasteiger partial charge on any atom is 0.255 e. The predicted molar refractivity (Wildman–Crippen MR) is 53.2 cm³/mol. The molecule has 0 rings (SSSR count). The van der Waals surface area contributed by atoms with Gasteiger partial charge in [0.1, 0.15) is 0 Å². The summed E-state index contributed by atoms with van der Waals surface area (Å²) in [7, 11) is -3.37. The van der Waals surface area contributed by atoms with E-state index in [0.29, 0.717) is 13.2 Å². The van der Waals surface area contributed by atoms with Crippen LogP contribution in [-0.4, -0.2) is 59.9 Å². The maximum absolute atomic E-state index is 11.3. The Morgan fingerprint density at radius 2 is 1.62 bits per heavy atom. The molecule has 0 aromatic rings. The van der Waals surface area contributed by atoms with Crippen molar-refractivity contribution in [1.29, 1.82) is 0 Å². The molecule has 0 bridgehead atoms. The van der Waals surface area contributed by atoms with Crippen LogP contribution >= 0.6 is 7.37 Å². The Hall–Kier alpha value is 1.11. The van der Waals surface area contributed by atoms with Crippen LogP contribution in [0.2, 0.25) is 0 Å². The molecule has 0 aromatic carbocycles. The van der Waals surface area contributed by atoms with E-state index in [1.54, 1.807) is 13.8 Å². The summed E-state index contributed by atoms with van der Waals surface area (Å²) in [6.07, 6.45) is 0. The summed E-state index contributed by atoms with van der Waals surface area (Å²) in [6.45, 7) is 6.95. The van der Waals surface area contributed by atoms with E-state index >= 15 is 0 Å². The van der Waals surface area contributed by atoms with Crippen LogP contribution in [0, 0.1) is 0 Å². The summed E-state index contributed by atoms with van der Waals surface area (Å²) >= 11 is 0. The Bertz CT molecular complexity index is 173. The quantitative estimate of drug-likeness (QED) is 0.429. The van der Waals surface area contributed by atoms with Crippen LogP contribution in [0.4, 0.5) is 0 Å². The van der Waals surface area contributed by atoms with E-state index in [4.69, 9.17) is 9.47 Å². The van der Waals surface area contributed by atoms with E-state index in [9.17, 15) is 9.46 Å². The molecule has 1 unspecified atom stereocenters. The van der Waals surface area contributed by atoms with E-state index in [1.165, 1.54) is 13.6 Å². The first kappa shape index (κ1) is 16.5. The molecule has 0 fully saturated rings. The van der Waals surface area contributed by atoms with Crippen molar-refractivity contribution in [3.63, 3.8) is 0 Å². The first-order chi connectivity index (χ1) is 5.37. The zero-order valence-electron chi connectivity index (χ0n) is 9.03. The molecule has 0 spiro atoms. The minimum atomic E-state index is -3.37. The van der Waals surface area contributed by atoms with Crippen LogP contribution in [0.15, 0.2) is 0 Å². The summed E-state index contributed by atoms with van der Waals surface area (Å²) in [5, 5.41) is 0. The molecule has 0 saturated carbocycles. The fourth-order valence-corrected chi connectivity index (χ4v) is 1.55. The van der Waals surface area contributed by atoms with E-state index in [0.717, 1.165) is 0 Å². The zero-order valence-corrected chi connectivity index (χ0v) is 11.9. The first-order valence-electron chi connectivity index (χ1n) is 3.95. The molecule has 1 radical (unpaired) electrons. The van der Waals surface area contributed by atoms with Crippen LogP contribution in [0.25, 0.3) is 0 Å². The number of ether oxygens (including phenoxy) is 2. The van der Waals surface area contributed by atoms with E-state index in [2.05, 4.69) is 0 Å². The standard InChI is InChI=1S/C7H17O4P.Na/c1-5-10-7(3,11-6-2)12(4,8)9;/h5-6H2,1-4H3,(H,8,9);. The second kappa shape index (κ2) is 6.57. The van der Waals surface area contributed by atoms with Gasteiger partial charge in [-0.3, -0.25) is 4.57 Å². The maximum atomic E-state index is 11.3. The summed E-state index contributed by atoms with van der Waals surface area (Å²) in [6, 6.07) is 0. The van der Waals surface area contributed by atoms with Gasteiger partial charge in [0.05, 0.1) is 0 Å². The summed E-state index contributed by atoms with van der Waals surface area (Å²) in [5.41, 5.74) is -1.35. The van der Waals surface area contributed by atoms with Gasteiger partial charge in [0, 0.05) is 49.4 Å². The Labute approximate surface area is 102 Å². The third-order valence-electron chi connectivity index (χ3n) is 1.58. The van der Waals surface area contributed by atoms with Gasteiger partial charge in [-0.25, -0.2) is 0 Å². The molecule has 75 valence electrons. The number of hydrogen-bond acceptors (Lipinski definition) is 3. The first-order valence-corrected chi connectivity index (χ1v) is 6.06. The molecule has 0 aromatic heterocycles. The topological polar surface area (TPSA) is 55.8 Å². The van der Waals surface area contributed by atoms with Crippen molar-refractivity contribution in [2.75, 3.05) is 19.9 Å². The van der Waals surface area contributed by atoms with Gasteiger partial charge in [0.15, 0.2) is 0 Å². The SMILES string of the molecule is CCOC(C)(OCC)P(C)(=O)O.[Na]. The van der Waals surface area contributed by atoms with Gasteiger partial charge >= 0.3 is 0 Å². The molecule has 0 heterocycles. The van der Waals surface area contributed by atoms with Gasteiger partial charge in [0.25, 0.3) is 7.37 Å². The molecule has 1 atom stereocenters. The van der Waals surface area contributed by atoms with Crippen LogP contribution in [0.1, 0.15) is 20.8 Å². The smallest absolute Gasteiger partial charge is 0.255 e. The third kappa shape index (κ3) is 4.93. The fraction of sp³-hybridized carbons (Fsp3) is 1.00. The Morgan fingerprint density at radius 1 is 1.31 bits per heavy atom. The molecule has 0 aliphatic heterocycles. The van der Waals surface area contributed by atoms with Gasteiger partial charge in [-0.05, 0) is 20.8 Å². The van der Waals surface area contributed by atoms with Gasteiger partial charge in [-0.15, -0.1) is 0 Å². The van der Waals surface area contributed by atoms with Gasteiger partial charge < -0.3 is 14.4 Å². The van der Waals surface area contributed by atoms with E-state index in [-0.39, 0.29) is 29.6 Å². The second-order valence-corrected chi connectivity index (χ2v) is 5.21. The van der Waals surface area contributed by atoms with Crippen molar-refractivity contribution in [1.82, 2.24) is 0 Å². The zero-order chi connectivity index (χ0) is 9.83. The van der Waals surface area contributed by atoms with Crippen LogP contribution in [0.5, 0.6) is 0 Å². The Morgan fingerprint density at radius 3 is 1.77 bits per heavy atom. The normalized spacial score (nSPS) is 16.1. The molecule has 0 saturated heterocycles. The Balaban J connectivity index is 0. The average Bonchev–Trinajstić information content (AvgIpc) is 1.86. The molecule has 13 heavy (non-hydrogen) atoms. The molecule has 6 heteroatoms. The van der Waals surface area contributed by atoms with Crippen molar-refractivity contribution in [3.05, 3.63) is 0 Å². The van der Waals surface area contributed by atoms with Crippen molar-refractivity contribution in [3.8, 4) is 0 Å². The number of hydrogen-bond donors (Lipinski definition) is 1. The second-order valence-electron chi connectivity index (χ2n) is 2.64. The van der Waals surface area contributed by atoms with E-state index < -0.39 is 12.9 Å². The number of rotatable bonds is 5. The largest absolute Gasteiger partial charge is 0.342 e. The van der Waals surface area contributed by atoms with Crippen molar-refractivity contribution in [2.24, 2.45) is 0 Å². The minimum absolute atomic E-state index is 0. The molecule has 4 nitrogen and oxygen atoms in total. The van der Waals surface area contributed by atoms with Crippen molar-refractivity contribution in [2.45, 2.75) is 26.3 Å². The fourth-order valence-electron chi connectivity index (χ4n) is 0.817. The van der Waals surface area contributed by atoms with Gasteiger partial charge in [0.2, 0.25) is 5.53 Å². The predicted octanol–water partition coefficient (Wildman–Crippen LogP) is 1.25.